The number of ether oxygens (including phenoxy) is 2. The number of halogens is 3. The Labute approximate surface area is 142 Å². The van der Waals surface area contributed by atoms with Crippen LogP contribution in [0.4, 0.5) is 23.8 Å². The Bertz CT molecular complexity index is 640. The first kappa shape index (κ1) is 17.9. The molecule has 2 amide bonds. The second-order valence-electron chi connectivity index (χ2n) is 6.37. The molecule has 0 saturated carbocycles. The zero-order chi connectivity index (χ0) is 18.2. The van der Waals surface area contributed by atoms with Crippen LogP contribution in [0.1, 0.15) is 26.0 Å². The normalized spacial score (nSPS) is 29.9. The highest BCUT2D eigenvalue weighted by molar-refractivity contribution is 5.88. The lowest BCUT2D eigenvalue weighted by Gasteiger charge is -2.44. The molecule has 25 heavy (non-hydrogen) atoms. The molecule has 2 aliphatic rings. The van der Waals surface area contributed by atoms with E-state index in [-0.39, 0.29) is 18.0 Å². The fourth-order valence-electron chi connectivity index (χ4n) is 3.19. The molecule has 0 bridgehead atoms. The van der Waals surface area contributed by atoms with Crippen LogP contribution in [0, 0.1) is 0 Å². The zero-order valence-electron chi connectivity index (χ0n) is 13.8. The van der Waals surface area contributed by atoms with Gasteiger partial charge in [-0.05, 0) is 26.0 Å². The van der Waals surface area contributed by atoms with Crippen molar-refractivity contribution in [2.24, 2.45) is 0 Å². The fraction of sp³-hybridized carbons (Fsp3) is 0.667. The van der Waals surface area contributed by atoms with Gasteiger partial charge in [0.25, 0.3) is 0 Å². The third kappa shape index (κ3) is 3.69. The fourth-order valence-corrected chi connectivity index (χ4v) is 3.19. The average Bonchev–Trinajstić information content (AvgIpc) is 2.86. The topological polar surface area (TPSA) is 76.6 Å². The molecule has 0 aliphatic carbocycles. The van der Waals surface area contributed by atoms with Gasteiger partial charge >= 0.3 is 12.2 Å². The van der Waals surface area contributed by atoms with E-state index in [1.54, 1.807) is 4.90 Å². The summed E-state index contributed by atoms with van der Waals surface area (Å²) in [6, 6.07) is 1.40. The number of amides is 2. The molecular formula is C15H19F3N4O3. The summed E-state index contributed by atoms with van der Waals surface area (Å²) in [5.41, 5.74) is -1.66. The molecule has 7 nitrogen and oxygen atoms in total. The molecule has 3 rings (SSSR count). The quantitative estimate of drug-likeness (QED) is 0.832. The summed E-state index contributed by atoms with van der Waals surface area (Å²) in [5, 5.41) is 8.99. The minimum atomic E-state index is -4.57. The van der Waals surface area contributed by atoms with E-state index in [2.05, 4.69) is 15.5 Å². The van der Waals surface area contributed by atoms with E-state index < -0.39 is 23.5 Å². The van der Waals surface area contributed by atoms with E-state index in [4.69, 9.17) is 9.47 Å². The predicted octanol–water partition coefficient (Wildman–Crippen LogP) is 2.30. The number of morpholine rings is 1. The van der Waals surface area contributed by atoms with Crippen molar-refractivity contribution in [1.82, 2.24) is 15.1 Å². The first-order valence-electron chi connectivity index (χ1n) is 7.96. The van der Waals surface area contributed by atoms with Gasteiger partial charge in [0.2, 0.25) is 0 Å². The van der Waals surface area contributed by atoms with Crippen LogP contribution in [0.2, 0.25) is 0 Å². The summed E-state index contributed by atoms with van der Waals surface area (Å²) >= 11 is 0. The van der Waals surface area contributed by atoms with Crippen LogP contribution in [0.15, 0.2) is 12.1 Å². The van der Waals surface area contributed by atoms with Gasteiger partial charge in [0.1, 0.15) is 5.60 Å². The van der Waals surface area contributed by atoms with Gasteiger partial charge in [-0.3, -0.25) is 5.32 Å². The smallest absolute Gasteiger partial charge is 0.375 e. The summed E-state index contributed by atoms with van der Waals surface area (Å²) in [5.74, 6) is -0.0399. The molecule has 2 saturated heterocycles. The van der Waals surface area contributed by atoms with Gasteiger partial charge in [-0.25, -0.2) is 4.79 Å². The van der Waals surface area contributed by atoms with E-state index in [1.165, 1.54) is 0 Å². The van der Waals surface area contributed by atoms with Crippen molar-refractivity contribution in [2.45, 2.75) is 44.3 Å². The van der Waals surface area contributed by atoms with Gasteiger partial charge in [-0.15, -0.1) is 10.2 Å². The highest BCUT2D eigenvalue weighted by Gasteiger charge is 2.48. The second kappa shape index (κ2) is 6.41. The first-order chi connectivity index (χ1) is 11.7. The molecule has 2 fully saturated rings. The summed E-state index contributed by atoms with van der Waals surface area (Å²) in [7, 11) is 0. The van der Waals surface area contributed by atoms with Gasteiger partial charge in [-0.1, -0.05) is 0 Å². The van der Waals surface area contributed by atoms with Gasteiger partial charge in [0, 0.05) is 19.6 Å². The standard InChI is InChI=1S/C15H19F3N4O3/c1-9-7-22(8-14(25-9)5-6-24-10(14)2)13(23)19-12-4-3-11(20-21-12)15(16,17)18/h3-4,9-10H,5-8H2,1-2H3,(H,19,21,23). The van der Waals surface area contributed by atoms with Crippen molar-refractivity contribution in [3.05, 3.63) is 17.8 Å². The molecule has 3 unspecified atom stereocenters. The Morgan fingerprint density at radius 1 is 1.36 bits per heavy atom. The van der Waals surface area contributed by atoms with Crippen molar-refractivity contribution in [3.8, 4) is 0 Å². The van der Waals surface area contributed by atoms with Crippen LogP contribution in [-0.4, -0.2) is 58.6 Å². The van der Waals surface area contributed by atoms with Crippen LogP contribution in [0.3, 0.4) is 0 Å². The molecule has 1 aromatic heterocycles. The Hall–Kier alpha value is -1.94. The van der Waals surface area contributed by atoms with Crippen molar-refractivity contribution in [3.63, 3.8) is 0 Å². The number of aromatic nitrogens is 2. The molecular weight excluding hydrogens is 341 g/mol. The molecule has 3 atom stereocenters. The molecule has 10 heteroatoms. The maximum atomic E-state index is 12.5. The number of hydrogen-bond donors (Lipinski definition) is 1. The number of nitrogens with one attached hydrogen (secondary N) is 1. The number of alkyl halides is 3. The molecule has 1 aromatic rings. The highest BCUT2D eigenvalue weighted by Crippen LogP contribution is 2.35. The Balaban J connectivity index is 1.68. The third-order valence-corrected chi connectivity index (χ3v) is 4.48. The van der Waals surface area contributed by atoms with Gasteiger partial charge in [-0.2, -0.15) is 13.2 Å². The molecule has 2 aliphatic heterocycles. The number of nitrogens with zero attached hydrogens (tertiary/aromatic N) is 3. The highest BCUT2D eigenvalue weighted by atomic mass is 19.4. The van der Waals surface area contributed by atoms with E-state index in [9.17, 15) is 18.0 Å². The lowest BCUT2D eigenvalue weighted by Crippen LogP contribution is -2.60. The van der Waals surface area contributed by atoms with Gasteiger partial charge in [0.05, 0.1) is 18.8 Å². The predicted molar refractivity (Wildman–Crippen MR) is 80.9 cm³/mol. The molecule has 0 aromatic carbocycles. The summed E-state index contributed by atoms with van der Waals surface area (Å²) in [4.78, 5) is 14.0. The largest absolute Gasteiger partial charge is 0.435 e. The number of rotatable bonds is 1. The van der Waals surface area contributed by atoms with Crippen molar-refractivity contribution < 1.29 is 27.4 Å². The number of carbonyl (C=O) groups is 1. The number of anilines is 1. The van der Waals surface area contributed by atoms with E-state index in [0.29, 0.717) is 26.1 Å². The van der Waals surface area contributed by atoms with Crippen molar-refractivity contribution >= 4 is 11.8 Å². The lowest BCUT2D eigenvalue weighted by molar-refractivity contribution is -0.159. The maximum absolute atomic E-state index is 12.5. The minimum absolute atomic E-state index is 0.0399. The molecule has 3 heterocycles. The van der Waals surface area contributed by atoms with Crippen LogP contribution in [0.25, 0.3) is 0 Å². The molecule has 1 N–H and O–H groups in total. The Morgan fingerprint density at radius 3 is 2.68 bits per heavy atom. The van der Waals surface area contributed by atoms with E-state index in [1.807, 2.05) is 13.8 Å². The van der Waals surface area contributed by atoms with Gasteiger partial charge < -0.3 is 14.4 Å². The van der Waals surface area contributed by atoms with Crippen LogP contribution in [0.5, 0.6) is 0 Å². The summed E-state index contributed by atoms with van der Waals surface area (Å²) in [6.07, 6.45) is -4.21. The number of hydrogen-bond acceptors (Lipinski definition) is 5. The third-order valence-electron chi connectivity index (χ3n) is 4.48. The van der Waals surface area contributed by atoms with Crippen molar-refractivity contribution in [1.29, 1.82) is 0 Å². The van der Waals surface area contributed by atoms with Crippen LogP contribution in [-0.2, 0) is 15.7 Å². The molecule has 0 radical (unpaired) electrons. The Kier molecular flexibility index (Phi) is 4.58. The lowest BCUT2D eigenvalue weighted by atomic mass is 9.93. The SMILES string of the molecule is CC1CN(C(=O)Nc2ccc(C(F)(F)F)nn2)CC2(CCOC2C)O1. The van der Waals surface area contributed by atoms with Crippen LogP contribution >= 0.6 is 0 Å². The zero-order valence-corrected chi connectivity index (χ0v) is 13.8. The minimum Gasteiger partial charge on any atom is -0.375 e. The molecule has 1 spiro atoms. The maximum Gasteiger partial charge on any atom is 0.435 e. The van der Waals surface area contributed by atoms with Crippen molar-refractivity contribution in [2.75, 3.05) is 25.0 Å². The second-order valence-corrected chi connectivity index (χ2v) is 6.37. The molecule has 138 valence electrons. The number of urea groups is 1. The van der Waals surface area contributed by atoms with Gasteiger partial charge in [0.15, 0.2) is 11.5 Å². The van der Waals surface area contributed by atoms with Crippen LogP contribution < -0.4 is 5.32 Å². The first-order valence-corrected chi connectivity index (χ1v) is 7.96. The van der Waals surface area contributed by atoms with E-state index in [0.717, 1.165) is 12.1 Å². The van der Waals surface area contributed by atoms with E-state index >= 15 is 0 Å². The monoisotopic (exact) mass is 360 g/mol. The summed E-state index contributed by atoms with van der Waals surface area (Å²) in [6.45, 7) is 5.05. The Morgan fingerprint density at radius 2 is 2.12 bits per heavy atom. The average molecular weight is 360 g/mol. The number of carbonyl (C=O) groups excluding carboxylic acids is 1. The summed E-state index contributed by atoms with van der Waals surface area (Å²) < 4.78 is 49.1.